The summed E-state index contributed by atoms with van der Waals surface area (Å²) in [5, 5.41) is 3.32. The number of ether oxygens (including phenoxy) is 3. The van der Waals surface area contributed by atoms with E-state index >= 15 is 0 Å². The number of nitrogens with zero attached hydrogens (tertiary/aromatic N) is 4. The third kappa shape index (κ3) is 12.7. The van der Waals surface area contributed by atoms with Crippen molar-refractivity contribution in [3.8, 4) is 0 Å². The lowest BCUT2D eigenvalue weighted by molar-refractivity contribution is 0.0182. The Bertz CT molecular complexity index is 235. The van der Waals surface area contributed by atoms with Gasteiger partial charge in [-0.05, 0) is 5.53 Å². The highest BCUT2D eigenvalue weighted by Crippen LogP contribution is 1.82. The van der Waals surface area contributed by atoms with E-state index in [1.54, 1.807) is 0 Å². The van der Waals surface area contributed by atoms with Gasteiger partial charge in [0, 0.05) is 11.5 Å². The van der Waals surface area contributed by atoms with Crippen LogP contribution in [0.15, 0.2) is 5.11 Å². The summed E-state index contributed by atoms with van der Waals surface area (Å²) in [6.07, 6.45) is 0. The van der Waals surface area contributed by atoms with Crippen LogP contribution < -0.4 is 0 Å². The monoisotopic (exact) mass is 228 g/mol. The van der Waals surface area contributed by atoms with Crippen LogP contribution in [0.2, 0.25) is 0 Å². The largest absolute Gasteiger partial charge is 0.379 e. The smallest absolute Gasteiger partial charge is 0.237 e. The van der Waals surface area contributed by atoms with Gasteiger partial charge in [0.15, 0.2) is 0 Å². The minimum atomic E-state index is 0.343. The van der Waals surface area contributed by atoms with Crippen molar-refractivity contribution in [2.45, 2.75) is 0 Å². The lowest BCUT2D eigenvalue weighted by Gasteiger charge is -2.04. The van der Waals surface area contributed by atoms with Crippen LogP contribution in [-0.4, -0.2) is 52.7 Å². The molecule has 0 fully saturated rings. The number of hydrogen-bond acceptors (Lipinski definition) is 4. The molecule has 0 rings (SSSR count). The Morgan fingerprint density at radius 2 is 1.50 bits per heavy atom. The molecule has 0 saturated carbocycles. The van der Waals surface area contributed by atoms with Crippen LogP contribution in [0, 0.1) is 6.57 Å². The van der Waals surface area contributed by atoms with E-state index in [9.17, 15) is 0 Å². The summed E-state index contributed by atoms with van der Waals surface area (Å²) in [5.74, 6) is 0. The highest BCUT2D eigenvalue weighted by molar-refractivity contribution is 4.55. The second-order valence-corrected chi connectivity index (χ2v) is 2.67. The van der Waals surface area contributed by atoms with Gasteiger partial charge in [-0.2, -0.15) is 0 Å². The van der Waals surface area contributed by atoms with Gasteiger partial charge < -0.3 is 19.1 Å². The van der Waals surface area contributed by atoms with Crippen LogP contribution in [-0.2, 0) is 14.2 Å². The molecule has 90 valence electrons. The van der Waals surface area contributed by atoms with Crippen LogP contribution in [0.25, 0.3) is 15.3 Å². The van der Waals surface area contributed by atoms with Crippen LogP contribution in [0.3, 0.4) is 0 Å². The highest BCUT2D eigenvalue weighted by Gasteiger charge is 1.91. The third-order valence-electron chi connectivity index (χ3n) is 1.49. The van der Waals surface area contributed by atoms with E-state index in [0.717, 1.165) is 0 Å². The summed E-state index contributed by atoms with van der Waals surface area (Å²) >= 11 is 0. The number of azide groups is 1. The minimum absolute atomic E-state index is 0.343. The first-order valence-corrected chi connectivity index (χ1v) is 4.99. The van der Waals surface area contributed by atoms with Gasteiger partial charge in [0.05, 0.1) is 33.0 Å². The van der Waals surface area contributed by atoms with Gasteiger partial charge in [-0.25, -0.2) is 6.57 Å². The fourth-order valence-electron chi connectivity index (χ4n) is 0.802. The quantitative estimate of drug-likeness (QED) is 0.175. The van der Waals surface area contributed by atoms with Crippen molar-refractivity contribution < 1.29 is 14.2 Å². The van der Waals surface area contributed by atoms with Crippen LogP contribution in [0.1, 0.15) is 0 Å². The van der Waals surface area contributed by atoms with Crippen molar-refractivity contribution in [2.24, 2.45) is 5.11 Å². The van der Waals surface area contributed by atoms with Crippen LogP contribution >= 0.6 is 0 Å². The fraction of sp³-hybridized carbons (Fsp3) is 0.889. The molecule has 0 spiro atoms. The molecule has 0 aromatic rings. The Labute approximate surface area is 94.7 Å². The van der Waals surface area contributed by atoms with E-state index in [1.807, 2.05) is 0 Å². The predicted molar refractivity (Wildman–Crippen MR) is 57.9 cm³/mol. The molecule has 0 aliphatic rings. The Balaban J connectivity index is 2.93. The second-order valence-electron chi connectivity index (χ2n) is 2.67. The molecule has 0 atom stereocenters. The molecule has 0 unspecified atom stereocenters. The average molecular weight is 228 g/mol. The molecule has 0 amide bonds. The molecule has 0 saturated heterocycles. The van der Waals surface area contributed by atoms with Crippen molar-refractivity contribution in [2.75, 3.05) is 52.7 Å². The van der Waals surface area contributed by atoms with Crippen molar-refractivity contribution in [3.05, 3.63) is 21.9 Å². The molecule has 0 radical (unpaired) electrons. The molecule has 0 aliphatic heterocycles. The molecule has 0 N–H and O–H groups in total. The Morgan fingerprint density at radius 1 is 0.938 bits per heavy atom. The van der Waals surface area contributed by atoms with Crippen LogP contribution in [0.4, 0.5) is 0 Å². The SMILES string of the molecule is [C-]#[N+]CCOCCOCCOCCN=[N+]=[N-]. The van der Waals surface area contributed by atoms with E-state index in [2.05, 4.69) is 14.9 Å². The van der Waals surface area contributed by atoms with Gasteiger partial charge in [0.25, 0.3) is 0 Å². The van der Waals surface area contributed by atoms with Crippen LogP contribution in [0.5, 0.6) is 0 Å². The van der Waals surface area contributed by atoms with Gasteiger partial charge in [0.2, 0.25) is 6.54 Å². The maximum atomic E-state index is 7.97. The maximum absolute atomic E-state index is 7.97. The zero-order valence-corrected chi connectivity index (χ0v) is 9.17. The topological polar surface area (TPSA) is 80.8 Å². The Hall–Kier alpha value is -1.32. The molecular weight excluding hydrogens is 212 g/mol. The standard InChI is InChI=1S/C9H16N4O3/c1-11-2-4-14-6-8-16-9-7-15-5-3-12-13-10/h2-9H2. The summed E-state index contributed by atoms with van der Waals surface area (Å²) in [5.41, 5.74) is 7.97. The lowest BCUT2D eigenvalue weighted by atomic mass is 10.7. The molecule has 0 bridgehead atoms. The van der Waals surface area contributed by atoms with Gasteiger partial charge in [-0.3, -0.25) is 0 Å². The van der Waals surface area contributed by atoms with Crippen molar-refractivity contribution in [3.63, 3.8) is 0 Å². The van der Waals surface area contributed by atoms with Crippen molar-refractivity contribution >= 4 is 0 Å². The summed E-state index contributed by atoms with van der Waals surface area (Å²) in [7, 11) is 0. The summed E-state index contributed by atoms with van der Waals surface area (Å²) in [4.78, 5) is 5.74. The molecule has 0 aliphatic carbocycles. The molecule has 7 nitrogen and oxygen atoms in total. The van der Waals surface area contributed by atoms with Crippen molar-refractivity contribution in [1.29, 1.82) is 0 Å². The molecule has 7 heteroatoms. The molecule has 0 aromatic carbocycles. The zero-order valence-electron chi connectivity index (χ0n) is 9.17. The number of rotatable bonds is 11. The molecule has 16 heavy (non-hydrogen) atoms. The van der Waals surface area contributed by atoms with E-state index in [4.69, 9.17) is 26.3 Å². The van der Waals surface area contributed by atoms with Crippen molar-refractivity contribution in [1.82, 2.24) is 0 Å². The second kappa shape index (κ2) is 13.7. The first-order chi connectivity index (χ1) is 7.91. The van der Waals surface area contributed by atoms with Gasteiger partial charge in [-0.1, -0.05) is 5.11 Å². The van der Waals surface area contributed by atoms with E-state index in [0.29, 0.717) is 52.7 Å². The molecular formula is C9H16N4O3. The van der Waals surface area contributed by atoms with Gasteiger partial charge in [0.1, 0.15) is 6.61 Å². The van der Waals surface area contributed by atoms with Gasteiger partial charge >= 0.3 is 0 Å². The summed E-state index contributed by atoms with van der Waals surface area (Å²) in [6.45, 7) is 10.1. The van der Waals surface area contributed by atoms with Gasteiger partial charge in [-0.15, -0.1) is 0 Å². The van der Waals surface area contributed by atoms with E-state index in [1.165, 1.54) is 0 Å². The third-order valence-corrected chi connectivity index (χ3v) is 1.49. The zero-order chi connectivity index (χ0) is 11.9. The Kier molecular flexibility index (Phi) is 12.6. The first kappa shape index (κ1) is 14.7. The summed E-state index contributed by atoms with van der Waals surface area (Å²) < 4.78 is 15.4. The summed E-state index contributed by atoms with van der Waals surface area (Å²) in [6, 6.07) is 0. The lowest BCUT2D eigenvalue weighted by Crippen LogP contribution is -2.11. The minimum Gasteiger partial charge on any atom is -0.379 e. The maximum Gasteiger partial charge on any atom is 0.237 e. The number of hydrogen-bond donors (Lipinski definition) is 0. The normalized spacial score (nSPS) is 9.44. The van der Waals surface area contributed by atoms with E-state index < -0.39 is 0 Å². The highest BCUT2D eigenvalue weighted by atomic mass is 16.5. The van der Waals surface area contributed by atoms with E-state index in [-0.39, 0.29) is 0 Å². The fourth-order valence-corrected chi connectivity index (χ4v) is 0.802. The predicted octanol–water partition coefficient (Wildman–Crippen LogP) is 1.27. The first-order valence-electron chi connectivity index (χ1n) is 4.99. The Morgan fingerprint density at radius 3 is 2.06 bits per heavy atom. The average Bonchev–Trinajstić information content (AvgIpc) is 2.31. The molecule has 0 heterocycles. The molecule has 0 aromatic heterocycles.